The van der Waals surface area contributed by atoms with Crippen LogP contribution in [0.2, 0.25) is 5.02 Å². The van der Waals surface area contributed by atoms with Crippen molar-refractivity contribution < 1.29 is 4.79 Å². The fourth-order valence-corrected chi connectivity index (χ4v) is 3.39. The molecule has 3 aromatic rings. The second kappa shape index (κ2) is 8.59. The van der Waals surface area contributed by atoms with Crippen LogP contribution in [0.4, 0.5) is 5.82 Å². The summed E-state index contributed by atoms with van der Waals surface area (Å²) in [6.07, 6.45) is 0.959. The van der Waals surface area contributed by atoms with E-state index < -0.39 is 5.41 Å². The van der Waals surface area contributed by atoms with Crippen molar-refractivity contribution in [3.8, 4) is 0 Å². The SMILES string of the molecule is CCCSc1nc(NC(=O)C(C)(C)C)c2[nH]c(=O)n(Cc3ccc(Cl)cc3)c2n1. The fourth-order valence-electron chi connectivity index (χ4n) is 2.57. The first kappa shape index (κ1) is 21.4. The molecule has 29 heavy (non-hydrogen) atoms. The first-order valence-electron chi connectivity index (χ1n) is 9.38. The van der Waals surface area contributed by atoms with E-state index in [2.05, 4.69) is 27.2 Å². The molecule has 0 fully saturated rings. The van der Waals surface area contributed by atoms with Gasteiger partial charge in [-0.25, -0.2) is 14.8 Å². The van der Waals surface area contributed by atoms with Crippen molar-refractivity contribution in [2.24, 2.45) is 5.41 Å². The molecule has 1 aromatic carbocycles. The molecule has 0 aliphatic rings. The van der Waals surface area contributed by atoms with Gasteiger partial charge in [0.25, 0.3) is 0 Å². The Bertz CT molecular complexity index is 1080. The summed E-state index contributed by atoms with van der Waals surface area (Å²) in [4.78, 5) is 37.1. The predicted octanol–water partition coefficient (Wildman–Crippen LogP) is 4.31. The third kappa shape index (κ3) is 5.00. The molecule has 7 nitrogen and oxygen atoms in total. The Kier molecular flexibility index (Phi) is 6.33. The van der Waals surface area contributed by atoms with Crippen molar-refractivity contribution in [2.75, 3.05) is 11.1 Å². The largest absolute Gasteiger partial charge is 0.328 e. The van der Waals surface area contributed by atoms with Gasteiger partial charge in [-0.3, -0.25) is 9.36 Å². The molecule has 3 rings (SSSR count). The number of H-pyrrole nitrogens is 1. The van der Waals surface area contributed by atoms with E-state index in [1.807, 2.05) is 32.9 Å². The van der Waals surface area contributed by atoms with Gasteiger partial charge in [0.15, 0.2) is 16.6 Å². The number of halogens is 1. The van der Waals surface area contributed by atoms with Crippen molar-refractivity contribution in [1.29, 1.82) is 0 Å². The number of benzene rings is 1. The number of thioether (sulfide) groups is 1. The molecule has 0 aliphatic carbocycles. The number of nitrogens with one attached hydrogen (secondary N) is 2. The molecule has 2 aromatic heterocycles. The summed E-state index contributed by atoms with van der Waals surface area (Å²) >= 11 is 7.45. The highest BCUT2D eigenvalue weighted by atomic mass is 35.5. The number of hydrogen-bond donors (Lipinski definition) is 2. The Morgan fingerprint density at radius 2 is 1.93 bits per heavy atom. The van der Waals surface area contributed by atoms with Crippen LogP contribution in [0.25, 0.3) is 11.2 Å². The lowest BCUT2D eigenvalue weighted by Crippen LogP contribution is -2.28. The fraction of sp³-hybridized carbons (Fsp3) is 0.400. The lowest BCUT2D eigenvalue weighted by molar-refractivity contribution is -0.123. The summed E-state index contributed by atoms with van der Waals surface area (Å²) in [5.41, 5.74) is 0.887. The van der Waals surface area contributed by atoms with Gasteiger partial charge in [-0.05, 0) is 24.1 Å². The molecule has 1 amide bonds. The number of nitrogens with zero attached hydrogens (tertiary/aromatic N) is 3. The maximum atomic E-state index is 12.7. The molecule has 0 radical (unpaired) electrons. The summed E-state index contributed by atoms with van der Waals surface area (Å²) < 4.78 is 1.54. The van der Waals surface area contributed by atoms with Crippen molar-refractivity contribution in [2.45, 2.75) is 45.8 Å². The molecule has 0 saturated heterocycles. The van der Waals surface area contributed by atoms with E-state index in [1.54, 1.807) is 16.7 Å². The number of carbonyl (C=O) groups is 1. The Morgan fingerprint density at radius 3 is 2.55 bits per heavy atom. The van der Waals surface area contributed by atoms with Crippen LogP contribution in [0.5, 0.6) is 0 Å². The van der Waals surface area contributed by atoms with Gasteiger partial charge in [0, 0.05) is 16.2 Å². The van der Waals surface area contributed by atoms with Gasteiger partial charge in [0.2, 0.25) is 5.91 Å². The standard InChI is InChI=1S/C20H24ClN5O2S/c1-5-10-29-18-24-15(23-17(27)20(2,3)4)14-16(25-18)26(19(28)22-14)11-12-6-8-13(21)9-7-12/h6-9H,5,10-11H2,1-4H3,(H,22,28)(H,23,24,25,27). The number of aromatic nitrogens is 4. The average molecular weight is 434 g/mol. The molecule has 9 heteroatoms. The summed E-state index contributed by atoms with van der Waals surface area (Å²) in [5, 5.41) is 4.00. The van der Waals surface area contributed by atoms with E-state index in [1.165, 1.54) is 11.8 Å². The van der Waals surface area contributed by atoms with E-state index in [4.69, 9.17) is 11.6 Å². The van der Waals surface area contributed by atoms with E-state index in [0.717, 1.165) is 17.7 Å². The summed E-state index contributed by atoms with van der Waals surface area (Å²) in [6, 6.07) is 7.29. The topological polar surface area (TPSA) is 92.7 Å². The minimum absolute atomic E-state index is 0.185. The quantitative estimate of drug-likeness (QED) is 0.446. The molecule has 154 valence electrons. The minimum atomic E-state index is -0.597. The second-order valence-electron chi connectivity index (χ2n) is 7.75. The molecule has 0 unspecified atom stereocenters. The highest BCUT2D eigenvalue weighted by Gasteiger charge is 2.24. The number of fused-ring (bicyclic) bond motifs is 1. The maximum Gasteiger partial charge on any atom is 0.328 e. The Labute approximate surface area is 178 Å². The number of carbonyl (C=O) groups excluding carboxylic acids is 1. The molecular weight excluding hydrogens is 410 g/mol. The van der Waals surface area contributed by atoms with Crippen molar-refractivity contribution in [3.63, 3.8) is 0 Å². The molecule has 2 heterocycles. The first-order chi connectivity index (χ1) is 13.7. The Hall–Kier alpha value is -2.32. The van der Waals surface area contributed by atoms with E-state index >= 15 is 0 Å². The summed E-state index contributed by atoms with van der Waals surface area (Å²) in [7, 11) is 0. The molecule has 0 saturated carbocycles. The first-order valence-corrected chi connectivity index (χ1v) is 10.7. The Balaban J connectivity index is 2.09. The van der Waals surface area contributed by atoms with Crippen LogP contribution >= 0.6 is 23.4 Å². The van der Waals surface area contributed by atoms with Crippen LogP contribution in [0.3, 0.4) is 0 Å². The minimum Gasteiger partial charge on any atom is -0.308 e. The number of anilines is 1. The number of aromatic amines is 1. The zero-order valence-corrected chi connectivity index (χ0v) is 18.4. The van der Waals surface area contributed by atoms with Gasteiger partial charge in [-0.1, -0.05) is 63.2 Å². The van der Waals surface area contributed by atoms with Gasteiger partial charge in [-0.15, -0.1) is 0 Å². The zero-order chi connectivity index (χ0) is 21.2. The maximum absolute atomic E-state index is 12.7. The lowest BCUT2D eigenvalue weighted by atomic mass is 9.96. The van der Waals surface area contributed by atoms with Crippen LogP contribution in [0.15, 0.2) is 34.2 Å². The summed E-state index contributed by atoms with van der Waals surface area (Å²) in [6.45, 7) is 7.86. The van der Waals surface area contributed by atoms with Crippen molar-refractivity contribution >= 4 is 46.3 Å². The number of imidazole rings is 1. The third-order valence-corrected chi connectivity index (χ3v) is 5.51. The van der Waals surface area contributed by atoms with Gasteiger partial charge in [0.05, 0.1) is 6.54 Å². The van der Waals surface area contributed by atoms with Crippen molar-refractivity contribution in [1.82, 2.24) is 19.5 Å². The van der Waals surface area contributed by atoms with Gasteiger partial charge < -0.3 is 10.3 Å². The van der Waals surface area contributed by atoms with E-state index in [-0.39, 0.29) is 11.6 Å². The van der Waals surface area contributed by atoms with Crippen LogP contribution in [0, 0.1) is 5.41 Å². The normalized spacial score (nSPS) is 11.8. The second-order valence-corrected chi connectivity index (χ2v) is 9.25. The van der Waals surface area contributed by atoms with Gasteiger partial charge in [-0.2, -0.15) is 0 Å². The van der Waals surface area contributed by atoms with Crippen LogP contribution in [0.1, 0.15) is 39.7 Å². The number of hydrogen-bond acceptors (Lipinski definition) is 5. The van der Waals surface area contributed by atoms with Crippen LogP contribution in [-0.2, 0) is 11.3 Å². The van der Waals surface area contributed by atoms with E-state index in [9.17, 15) is 9.59 Å². The summed E-state index contributed by atoms with van der Waals surface area (Å²) in [5.74, 6) is 0.972. The molecule has 0 aliphatic heterocycles. The van der Waals surface area contributed by atoms with Crippen molar-refractivity contribution in [3.05, 3.63) is 45.3 Å². The lowest BCUT2D eigenvalue weighted by Gasteiger charge is -2.17. The van der Waals surface area contributed by atoms with Crippen LogP contribution in [-0.4, -0.2) is 31.2 Å². The van der Waals surface area contributed by atoms with E-state index in [0.29, 0.717) is 33.7 Å². The highest BCUT2D eigenvalue weighted by Crippen LogP contribution is 2.25. The third-order valence-electron chi connectivity index (χ3n) is 4.20. The number of amides is 1. The highest BCUT2D eigenvalue weighted by molar-refractivity contribution is 7.99. The molecule has 2 N–H and O–H groups in total. The smallest absolute Gasteiger partial charge is 0.308 e. The Morgan fingerprint density at radius 1 is 1.24 bits per heavy atom. The molecular formula is C20H24ClN5O2S. The number of rotatable bonds is 6. The van der Waals surface area contributed by atoms with Crippen LogP contribution < -0.4 is 11.0 Å². The monoisotopic (exact) mass is 433 g/mol. The average Bonchev–Trinajstić information content (AvgIpc) is 2.97. The predicted molar refractivity (Wildman–Crippen MR) is 118 cm³/mol. The molecule has 0 bridgehead atoms. The molecule has 0 atom stereocenters. The van der Waals surface area contributed by atoms with Gasteiger partial charge >= 0.3 is 5.69 Å². The van der Waals surface area contributed by atoms with Gasteiger partial charge in [0.1, 0.15) is 5.52 Å². The molecule has 0 spiro atoms. The zero-order valence-electron chi connectivity index (χ0n) is 16.9.